The van der Waals surface area contributed by atoms with Crippen molar-refractivity contribution < 1.29 is 21.9 Å². The molecule has 0 radical (unpaired) electrons. The molecule has 3 aromatic heterocycles. The Balaban J connectivity index is 1.77. The lowest BCUT2D eigenvalue weighted by molar-refractivity contribution is 0.400. The molecule has 1 aromatic carbocycles. The van der Waals surface area contributed by atoms with Crippen LogP contribution in [0.5, 0.6) is 5.88 Å². The van der Waals surface area contributed by atoms with Crippen LogP contribution in [0, 0.1) is 18.6 Å². The fraction of sp³-hybridized carbons (Fsp3) is 0.105. The van der Waals surface area contributed by atoms with Gasteiger partial charge in [0, 0.05) is 28.1 Å². The van der Waals surface area contributed by atoms with E-state index in [-0.39, 0.29) is 17.5 Å². The first-order chi connectivity index (χ1) is 14.7. The fourth-order valence-electron chi connectivity index (χ4n) is 2.94. The van der Waals surface area contributed by atoms with Crippen molar-refractivity contribution in [3.05, 3.63) is 53.9 Å². The second-order valence-electron chi connectivity index (χ2n) is 6.46. The highest BCUT2D eigenvalue weighted by molar-refractivity contribution is 7.92. The second kappa shape index (κ2) is 7.71. The smallest absolute Gasteiger partial charge is 0.264 e. The number of aromatic nitrogens is 3. The lowest BCUT2D eigenvalue weighted by Crippen LogP contribution is -2.15. The van der Waals surface area contributed by atoms with E-state index in [0.717, 1.165) is 22.4 Å². The summed E-state index contributed by atoms with van der Waals surface area (Å²) in [4.78, 5) is 13.2. The second-order valence-corrected chi connectivity index (χ2v) is 9.14. The molecule has 0 fully saturated rings. The summed E-state index contributed by atoms with van der Waals surface area (Å²) in [6, 6.07) is 5.54. The summed E-state index contributed by atoms with van der Waals surface area (Å²) in [5.41, 5.74) is 6.97. The largest absolute Gasteiger partial charge is 0.480 e. The molecule has 0 aliphatic rings. The van der Waals surface area contributed by atoms with Crippen LogP contribution in [0.1, 0.15) is 5.69 Å². The molecule has 3 heterocycles. The van der Waals surface area contributed by atoms with Gasteiger partial charge in [0.15, 0.2) is 0 Å². The van der Waals surface area contributed by atoms with Crippen molar-refractivity contribution >= 4 is 43.2 Å². The van der Waals surface area contributed by atoms with Gasteiger partial charge in [0.25, 0.3) is 10.0 Å². The van der Waals surface area contributed by atoms with Crippen LogP contribution in [-0.2, 0) is 10.0 Å². The molecule has 0 bridgehead atoms. The van der Waals surface area contributed by atoms with Gasteiger partial charge in [0.2, 0.25) is 11.8 Å². The monoisotopic (exact) mass is 463 g/mol. The summed E-state index contributed by atoms with van der Waals surface area (Å²) in [6.45, 7) is 1.81. The van der Waals surface area contributed by atoms with Gasteiger partial charge in [-0.2, -0.15) is 0 Å². The lowest BCUT2D eigenvalue weighted by atomic mass is 10.2. The number of aryl methyl sites for hydroxylation is 1. The summed E-state index contributed by atoms with van der Waals surface area (Å²) in [6.07, 6.45) is 1.51. The molecule has 0 unspecified atom stereocenters. The quantitative estimate of drug-likeness (QED) is 0.463. The third-order valence-corrected chi connectivity index (χ3v) is 6.83. The number of anilines is 2. The summed E-state index contributed by atoms with van der Waals surface area (Å²) >= 11 is 1.33. The average Bonchev–Trinajstić information content (AvgIpc) is 3.11. The number of nitrogens with two attached hydrogens (primary N) is 1. The van der Waals surface area contributed by atoms with E-state index in [1.807, 2.05) is 6.07 Å². The minimum atomic E-state index is -4.38. The zero-order valence-electron chi connectivity index (χ0n) is 16.2. The highest BCUT2D eigenvalue weighted by atomic mass is 32.2. The number of rotatable bonds is 5. The molecule has 0 amide bonds. The van der Waals surface area contributed by atoms with Gasteiger partial charge in [-0.3, -0.25) is 4.72 Å². The summed E-state index contributed by atoms with van der Waals surface area (Å²) in [7, 11) is -3.06. The van der Waals surface area contributed by atoms with Gasteiger partial charge in [-0.15, -0.1) is 11.3 Å². The van der Waals surface area contributed by atoms with Crippen LogP contribution in [0.25, 0.3) is 20.7 Å². The number of pyridine rings is 1. The number of halogens is 2. The van der Waals surface area contributed by atoms with Gasteiger partial charge < -0.3 is 10.5 Å². The topological polar surface area (TPSA) is 120 Å². The van der Waals surface area contributed by atoms with Crippen LogP contribution in [0.4, 0.5) is 20.4 Å². The van der Waals surface area contributed by atoms with Crippen LogP contribution in [0.15, 0.2) is 41.4 Å². The molecule has 0 saturated heterocycles. The number of methoxy groups -OCH3 is 1. The van der Waals surface area contributed by atoms with E-state index in [1.54, 1.807) is 6.92 Å². The number of nitrogen functional groups attached to an aromatic ring is 1. The van der Waals surface area contributed by atoms with E-state index in [0.29, 0.717) is 22.2 Å². The van der Waals surface area contributed by atoms with E-state index in [9.17, 15) is 17.2 Å². The molecular formula is C19H15F2N5O3S2. The molecule has 0 saturated carbocycles. The van der Waals surface area contributed by atoms with Crippen LogP contribution in [0.3, 0.4) is 0 Å². The molecule has 4 rings (SSSR count). The Hall–Kier alpha value is -3.38. The molecule has 0 spiro atoms. The highest BCUT2D eigenvalue weighted by Gasteiger charge is 2.22. The Morgan fingerprint density at radius 1 is 1.16 bits per heavy atom. The summed E-state index contributed by atoms with van der Waals surface area (Å²) in [5.74, 6) is -1.97. The van der Waals surface area contributed by atoms with Crippen LogP contribution in [0.2, 0.25) is 0 Å². The molecule has 160 valence electrons. The van der Waals surface area contributed by atoms with Gasteiger partial charge in [-0.05, 0) is 31.2 Å². The van der Waals surface area contributed by atoms with Crippen molar-refractivity contribution in [1.29, 1.82) is 0 Å². The molecule has 8 nitrogen and oxygen atoms in total. The lowest BCUT2D eigenvalue weighted by Gasteiger charge is -2.12. The number of sulfonamides is 1. The van der Waals surface area contributed by atoms with Crippen LogP contribution < -0.4 is 15.2 Å². The Morgan fingerprint density at radius 3 is 2.65 bits per heavy atom. The maximum absolute atomic E-state index is 14.0. The third-order valence-electron chi connectivity index (χ3n) is 4.36. The molecule has 0 atom stereocenters. The molecule has 31 heavy (non-hydrogen) atoms. The van der Waals surface area contributed by atoms with Crippen molar-refractivity contribution in [2.45, 2.75) is 11.8 Å². The normalized spacial score (nSPS) is 11.6. The van der Waals surface area contributed by atoms with E-state index >= 15 is 0 Å². The Morgan fingerprint density at radius 2 is 1.94 bits per heavy atom. The number of fused-ring (bicyclic) bond motifs is 1. The molecule has 12 heteroatoms. The number of hydrogen-bond acceptors (Lipinski definition) is 8. The van der Waals surface area contributed by atoms with E-state index in [4.69, 9.17) is 10.5 Å². The number of hydrogen-bond donors (Lipinski definition) is 2. The predicted molar refractivity (Wildman–Crippen MR) is 114 cm³/mol. The maximum atomic E-state index is 14.0. The van der Waals surface area contributed by atoms with E-state index < -0.39 is 26.6 Å². The number of nitrogens with one attached hydrogen (secondary N) is 1. The van der Waals surface area contributed by atoms with E-state index in [1.165, 1.54) is 30.7 Å². The van der Waals surface area contributed by atoms with E-state index in [2.05, 4.69) is 19.7 Å². The minimum Gasteiger partial charge on any atom is -0.480 e. The van der Waals surface area contributed by atoms with Crippen molar-refractivity contribution in [1.82, 2.24) is 15.0 Å². The van der Waals surface area contributed by atoms with Gasteiger partial charge in [0.1, 0.15) is 27.0 Å². The van der Waals surface area contributed by atoms with Crippen molar-refractivity contribution in [3.63, 3.8) is 0 Å². The molecule has 3 N–H and O–H groups in total. The zero-order chi connectivity index (χ0) is 22.3. The standard InChI is InChI=1S/C19H15F2N5O3S2/c1-9-12-7-15(30-18(12)25-19(22)24-9)10-5-14(17(29-2)23-8-10)26-31(27,28)16-4-3-11(20)6-13(16)21/h3-8,26H,1-2H3,(H2,22,24,25). The Bertz CT molecular complexity index is 1420. The third kappa shape index (κ3) is 3.99. The number of nitrogens with zero attached hydrogens (tertiary/aromatic N) is 3. The van der Waals surface area contributed by atoms with Crippen molar-refractivity contribution in [2.24, 2.45) is 0 Å². The Labute approximate surface area is 179 Å². The fourth-order valence-corrected chi connectivity index (χ4v) is 5.12. The number of benzene rings is 1. The molecule has 0 aliphatic carbocycles. The summed E-state index contributed by atoms with van der Waals surface area (Å²) in [5, 5.41) is 0.806. The van der Waals surface area contributed by atoms with Crippen LogP contribution in [-0.4, -0.2) is 30.5 Å². The van der Waals surface area contributed by atoms with Crippen molar-refractivity contribution in [2.75, 3.05) is 17.6 Å². The Kier molecular flexibility index (Phi) is 5.19. The first-order valence-corrected chi connectivity index (χ1v) is 11.0. The molecule has 4 aromatic rings. The summed E-state index contributed by atoms with van der Waals surface area (Å²) < 4.78 is 60.0. The van der Waals surface area contributed by atoms with Gasteiger partial charge in [-0.1, -0.05) is 0 Å². The van der Waals surface area contributed by atoms with Gasteiger partial charge in [0.05, 0.1) is 12.8 Å². The molecule has 0 aliphatic heterocycles. The number of thiophene rings is 1. The minimum absolute atomic E-state index is 0.0106. The maximum Gasteiger partial charge on any atom is 0.264 e. The van der Waals surface area contributed by atoms with Gasteiger partial charge >= 0.3 is 0 Å². The van der Waals surface area contributed by atoms with Gasteiger partial charge in [-0.25, -0.2) is 32.2 Å². The first-order valence-electron chi connectivity index (χ1n) is 8.74. The number of ether oxygens (including phenoxy) is 1. The SMILES string of the molecule is COc1ncc(-c2cc3c(C)nc(N)nc3s2)cc1NS(=O)(=O)c1ccc(F)cc1F. The zero-order valence-corrected chi connectivity index (χ0v) is 17.8. The first kappa shape index (κ1) is 20.9. The predicted octanol–water partition coefficient (Wildman–Crippen LogP) is 3.73. The van der Waals surface area contributed by atoms with Crippen LogP contribution >= 0.6 is 11.3 Å². The average molecular weight is 463 g/mol. The molecular weight excluding hydrogens is 448 g/mol. The highest BCUT2D eigenvalue weighted by Crippen LogP contribution is 2.37. The van der Waals surface area contributed by atoms with Crippen molar-refractivity contribution in [3.8, 4) is 16.3 Å².